The third kappa shape index (κ3) is 4.44. The Bertz CT molecular complexity index is 1080. The van der Waals surface area contributed by atoms with Gasteiger partial charge in [0.1, 0.15) is 5.82 Å². The molecular formula is C22H23FN2O3S2. The SMILES string of the molecule is CC(C)c1ccc(N2C(=NC(=O)Cc3ccc(F)cc3)S[C@H]3CS(=O)(=O)C[C@H]32)cc1. The van der Waals surface area contributed by atoms with E-state index in [-0.39, 0.29) is 40.9 Å². The van der Waals surface area contributed by atoms with Crippen LogP contribution in [0, 0.1) is 5.82 Å². The van der Waals surface area contributed by atoms with E-state index >= 15 is 0 Å². The Morgan fingerprint density at radius 1 is 1.13 bits per heavy atom. The lowest BCUT2D eigenvalue weighted by Crippen LogP contribution is -2.37. The molecule has 0 radical (unpaired) electrons. The van der Waals surface area contributed by atoms with Crippen LogP contribution in [0.4, 0.5) is 10.1 Å². The number of carbonyl (C=O) groups excluding carboxylic acids is 1. The van der Waals surface area contributed by atoms with E-state index in [1.54, 1.807) is 12.1 Å². The third-order valence-corrected chi connectivity index (χ3v) is 8.60. The summed E-state index contributed by atoms with van der Waals surface area (Å²) < 4.78 is 37.5. The van der Waals surface area contributed by atoms with Gasteiger partial charge in [-0.05, 0) is 41.3 Å². The van der Waals surface area contributed by atoms with Crippen molar-refractivity contribution in [1.29, 1.82) is 0 Å². The van der Waals surface area contributed by atoms with Gasteiger partial charge in [0.25, 0.3) is 5.91 Å². The van der Waals surface area contributed by atoms with Gasteiger partial charge in [-0.2, -0.15) is 4.99 Å². The number of nitrogens with zero attached hydrogens (tertiary/aromatic N) is 2. The number of amides is 1. The van der Waals surface area contributed by atoms with Crippen molar-refractivity contribution in [2.24, 2.45) is 4.99 Å². The highest BCUT2D eigenvalue weighted by Gasteiger charge is 2.49. The van der Waals surface area contributed by atoms with Gasteiger partial charge in [0.2, 0.25) is 0 Å². The van der Waals surface area contributed by atoms with Crippen LogP contribution in [0.25, 0.3) is 0 Å². The van der Waals surface area contributed by atoms with Gasteiger partial charge in [0, 0.05) is 10.9 Å². The summed E-state index contributed by atoms with van der Waals surface area (Å²) in [6, 6.07) is 13.5. The molecule has 0 N–H and O–H groups in total. The summed E-state index contributed by atoms with van der Waals surface area (Å²) in [7, 11) is -3.11. The number of aliphatic imine (C=N–C) groups is 1. The highest BCUT2D eigenvalue weighted by molar-refractivity contribution is 8.16. The van der Waals surface area contributed by atoms with Crippen molar-refractivity contribution in [3.05, 3.63) is 65.5 Å². The molecule has 2 atom stereocenters. The number of fused-ring (bicyclic) bond motifs is 1. The second kappa shape index (κ2) is 8.15. The number of anilines is 1. The number of hydrogen-bond acceptors (Lipinski definition) is 4. The Labute approximate surface area is 180 Å². The lowest BCUT2D eigenvalue weighted by atomic mass is 10.0. The average Bonchev–Trinajstić information content (AvgIpc) is 3.14. The maximum Gasteiger partial charge on any atom is 0.252 e. The van der Waals surface area contributed by atoms with Crippen LogP contribution in [0.15, 0.2) is 53.5 Å². The van der Waals surface area contributed by atoms with Crippen molar-refractivity contribution in [2.75, 3.05) is 16.4 Å². The zero-order valence-electron chi connectivity index (χ0n) is 16.8. The molecule has 4 rings (SSSR count). The lowest BCUT2D eigenvalue weighted by molar-refractivity contribution is -0.117. The number of benzene rings is 2. The topological polar surface area (TPSA) is 66.8 Å². The van der Waals surface area contributed by atoms with E-state index < -0.39 is 9.84 Å². The number of carbonyl (C=O) groups is 1. The van der Waals surface area contributed by atoms with Crippen molar-refractivity contribution < 1.29 is 17.6 Å². The molecule has 0 saturated carbocycles. The van der Waals surface area contributed by atoms with Crippen LogP contribution >= 0.6 is 11.8 Å². The molecule has 2 heterocycles. The van der Waals surface area contributed by atoms with E-state index in [0.717, 1.165) is 5.69 Å². The molecule has 0 bridgehead atoms. The van der Waals surface area contributed by atoms with Gasteiger partial charge >= 0.3 is 0 Å². The van der Waals surface area contributed by atoms with Gasteiger partial charge in [-0.3, -0.25) is 4.79 Å². The van der Waals surface area contributed by atoms with Crippen LogP contribution in [-0.2, 0) is 21.1 Å². The van der Waals surface area contributed by atoms with Gasteiger partial charge in [0.05, 0.1) is 24.0 Å². The van der Waals surface area contributed by atoms with Crippen molar-refractivity contribution >= 4 is 38.4 Å². The molecule has 0 aliphatic carbocycles. The van der Waals surface area contributed by atoms with Crippen LogP contribution in [0.3, 0.4) is 0 Å². The maximum atomic E-state index is 13.1. The highest BCUT2D eigenvalue weighted by Crippen LogP contribution is 2.41. The summed E-state index contributed by atoms with van der Waals surface area (Å²) in [5, 5.41) is 0.390. The molecular weight excluding hydrogens is 423 g/mol. The fraction of sp³-hybridized carbons (Fsp3) is 0.364. The standard InChI is InChI=1S/C22H23FN2O3S2/c1-14(2)16-5-9-18(10-6-16)25-19-12-30(27,28)13-20(19)29-22(25)24-21(26)11-15-3-7-17(23)8-4-15/h3-10,14,19-20H,11-13H2,1-2H3/t19-,20+/m1/s1. The van der Waals surface area contributed by atoms with Crippen molar-refractivity contribution in [2.45, 2.75) is 37.5 Å². The maximum absolute atomic E-state index is 13.1. The van der Waals surface area contributed by atoms with Crippen LogP contribution in [0.1, 0.15) is 30.9 Å². The highest BCUT2D eigenvalue weighted by atomic mass is 32.2. The molecule has 1 amide bonds. The Balaban J connectivity index is 1.62. The van der Waals surface area contributed by atoms with E-state index in [1.165, 1.54) is 29.5 Å². The van der Waals surface area contributed by atoms with Crippen molar-refractivity contribution in [1.82, 2.24) is 0 Å². The number of thioether (sulfide) groups is 1. The Morgan fingerprint density at radius 2 is 1.80 bits per heavy atom. The molecule has 0 unspecified atom stereocenters. The molecule has 158 valence electrons. The molecule has 2 fully saturated rings. The van der Waals surface area contributed by atoms with E-state index in [2.05, 4.69) is 18.8 Å². The summed E-state index contributed by atoms with van der Waals surface area (Å²) in [5.74, 6) is -0.155. The molecule has 2 aliphatic rings. The molecule has 30 heavy (non-hydrogen) atoms. The number of sulfone groups is 1. The molecule has 2 saturated heterocycles. The Hall–Kier alpha value is -2.19. The van der Waals surface area contributed by atoms with E-state index in [0.29, 0.717) is 16.6 Å². The molecule has 2 aromatic carbocycles. The predicted octanol–water partition coefficient (Wildman–Crippen LogP) is 3.79. The second-order valence-corrected chi connectivity index (χ2v) is 11.4. The first-order valence-corrected chi connectivity index (χ1v) is 12.5. The zero-order chi connectivity index (χ0) is 21.5. The monoisotopic (exact) mass is 446 g/mol. The van der Waals surface area contributed by atoms with E-state index in [1.807, 2.05) is 29.2 Å². The van der Waals surface area contributed by atoms with Gasteiger partial charge in [-0.15, -0.1) is 0 Å². The van der Waals surface area contributed by atoms with Crippen LogP contribution in [-0.4, -0.2) is 42.3 Å². The Morgan fingerprint density at radius 3 is 2.43 bits per heavy atom. The minimum Gasteiger partial charge on any atom is -0.316 e. The predicted molar refractivity (Wildman–Crippen MR) is 119 cm³/mol. The molecule has 0 aromatic heterocycles. The third-order valence-electron chi connectivity index (χ3n) is 5.39. The number of hydrogen-bond donors (Lipinski definition) is 0. The second-order valence-electron chi connectivity index (χ2n) is 8.01. The fourth-order valence-corrected chi connectivity index (χ4v) is 7.74. The summed E-state index contributed by atoms with van der Waals surface area (Å²) in [6.45, 7) is 4.22. The van der Waals surface area contributed by atoms with E-state index in [9.17, 15) is 17.6 Å². The first-order valence-electron chi connectivity index (χ1n) is 9.84. The first kappa shape index (κ1) is 21.1. The first-order chi connectivity index (χ1) is 14.2. The summed E-state index contributed by atoms with van der Waals surface area (Å²) in [6.07, 6.45) is 0.0676. The summed E-state index contributed by atoms with van der Waals surface area (Å²) >= 11 is 1.35. The quantitative estimate of drug-likeness (QED) is 0.715. The largest absolute Gasteiger partial charge is 0.316 e. The van der Waals surface area contributed by atoms with Crippen molar-refractivity contribution in [3.8, 4) is 0 Å². The average molecular weight is 447 g/mol. The summed E-state index contributed by atoms with van der Waals surface area (Å²) in [4.78, 5) is 18.8. The fourth-order valence-electron chi connectivity index (χ4n) is 3.81. The lowest BCUT2D eigenvalue weighted by Gasteiger charge is -2.25. The molecule has 2 aliphatic heterocycles. The zero-order valence-corrected chi connectivity index (χ0v) is 18.4. The minimum absolute atomic E-state index is 0.0573. The van der Waals surface area contributed by atoms with Gasteiger partial charge < -0.3 is 4.90 Å². The normalized spacial score (nSPS) is 23.9. The minimum atomic E-state index is -3.11. The number of amidine groups is 1. The van der Waals surface area contributed by atoms with Gasteiger partial charge in [-0.25, -0.2) is 12.8 Å². The smallest absolute Gasteiger partial charge is 0.252 e. The van der Waals surface area contributed by atoms with Crippen LogP contribution < -0.4 is 4.90 Å². The van der Waals surface area contributed by atoms with Gasteiger partial charge in [-0.1, -0.05) is 49.9 Å². The number of halogens is 1. The Kier molecular flexibility index (Phi) is 5.72. The molecule has 5 nitrogen and oxygen atoms in total. The van der Waals surface area contributed by atoms with Gasteiger partial charge in [0.15, 0.2) is 15.0 Å². The van der Waals surface area contributed by atoms with E-state index in [4.69, 9.17) is 0 Å². The molecule has 0 spiro atoms. The number of rotatable bonds is 4. The molecule has 2 aromatic rings. The summed E-state index contributed by atoms with van der Waals surface area (Å²) in [5.41, 5.74) is 2.71. The van der Waals surface area contributed by atoms with Crippen LogP contribution in [0.5, 0.6) is 0 Å². The van der Waals surface area contributed by atoms with Crippen molar-refractivity contribution in [3.63, 3.8) is 0 Å². The van der Waals surface area contributed by atoms with Crippen LogP contribution in [0.2, 0.25) is 0 Å². The molecule has 8 heteroatoms.